The first-order valence-corrected chi connectivity index (χ1v) is 11.6. The number of amides is 2. The second kappa shape index (κ2) is 9.15. The van der Waals surface area contributed by atoms with E-state index in [-0.39, 0.29) is 24.0 Å². The number of hydrogen-bond donors (Lipinski definition) is 1. The summed E-state index contributed by atoms with van der Waals surface area (Å²) in [6.45, 7) is 0.895. The summed E-state index contributed by atoms with van der Waals surface area (Å²) in [5, 5.41) is 15.8. The van der Waals surface area contributed by atoms with Gasteiger partial charge in [0, 0.05) is 38.9 Å². The largest absolute Gasteiger partial charge is 0.388 e. The van der Waals surface area contributed by atoms with Crippen molar-refractivity contribution >= 4 is 17.1 Å². The maximum absolute atomic E-state index is 13.3. The first kappa shape index (κ1) is 23.6. The van der Waals surface area contributed by atoms with Crippen molar-refractivity contribution in [2.45, 2.75) is 25.0 Å². The zero-order chi connectivity index (χ0) is 25.4. The minimum Gasteiger partial charge on any atom is -0.388 e. The molecule has 4 heterocycles. The lowest BCUT2D eigenvalue weighted by molar-refractivity contribution is -0.0282. The molecule has 3 aromatic heterocycles. The van der Waals surface area contributed by atoms with Gasteiger partial charge in [-0.05, 0) is 36.6 Å². The second-order valence-electron chi connectivity index (χ2n) is 9.30. The van der Waals surface area contributed by atoms with E-state index in [0.717, 1.165) is 11.1 Å². The van der Waals surface area contributed by atoms with Crippen molar-refractivity contribution in [1.82, 2.24) is 34.1 Å². The number of aromatic nitrogens is 5. The van der Waals surface area contributed by atoms with Crippen LogP contribution in [0.4, 0.5) is 9.18 Å². The van der Waals surface area contributed by atoms with Crippen molar-refractivity contribution in [3.8, 4) is 16.8 Å². The van der Waals surface area contributed by atoms with Gasteiger partial charge in [-0.15, -0.1) is 0 Å². The molecule has 36 heavy (non-hydrogen) atoms. The van der Waals surface area contributed by atoms with Crippen LogP contribution in [-0.2, 0) is 6.54 Å². The van der Waals surface area contributed by atoms with E-state index in [0.29, 0.717) is 42.7 Å². The molecule has 5 rings (SSSR count). The Bertz CT molecular complexity index is 1470. The quantitative estimate of drug-likeness (QED) is 0.469. The molecule has 1 saturated heterocycles. The number of carbonyl (C=O) groups is 1. The van der Waals surface area contributed by atoms with Crippen molar-refractivity contribution in [3.63, 3.8) is 0 Å². The van der Waals surface area contributed by atoms with Crippen LogP contribution in [0, 0.1) is 5.82 Å². The van der Waals surface area contributed by atoms with Gasteiger partial charge in [0.15, 0.2) is 5.65 Å². The summed E-state index contributed by atoms with van der Waals surface area (Å²) < 4.78 is 16.2. The summed E-state index contributed by atoms with van der Waals surface area (Å²) in [6.07, 6.45) is 6.86. The third-order valence-electron chi connectivity index (χ3n) is 6.51. The van der Waals surface area contributed by atoms with Crippen LogP contribution >= 0.6 is 0 Å². The van der Waals surface area contributed by atoms with Crippen LogP contribution in [0.3, 0.4) is 0 Å². The molecule has 0 spiro atoms. The topological polar surface area (TPSA) is 109 Å². The molecule has 1 aliphatic heterocycles. The zero-order valence-electron chi connectivity index (χ0n) is 20.0. The third-order valence-corrected chi connectivity index (χ3v) is 6.51. The summed E-state index contributed by atoms with van der Waals surface area (Å²) in [5.41, 5.74) is 1.11. The molecule has 1 aliphatic rings. The molecule has 0 atom stereocenters. The molecule has 0 unspecified atom stereocenters. The first-order chi connectivity index (χ1) is 17.2. The number of aliphatic hydroxyl groups is 1. The number of benzene rings is 1. The van der Waals surface area contributed by atoms with Gasteiger partial charge in [-0.3, -0.25) is 14.3 Å². The highest BCUT2D eigenvalue weighted by Crippen LogP contribution is 2.25. The zero-order valence-corrected chi connectivity index (χ0v) is 20.0. The number of pyridine rings is 1. The number of rotatable bonds is 4. The van der Waals surface area contributed by atoms with Crippen LogP contribution in [-0.4, -0.2) is 78.0 Å². The van der Waals surface area contributed by atoms with Crippen molar-refractivity contribution in [2.24, 2.45) is 0 Å². The van der Waals surface area contributed by atoms with Crippen LogP contribution in [0.5, 0.6) is 0 Å². The maximum atomic E-state index is 13.3. The SMILES string of the molecule is CN(C)C(=O)N1CCC(O)(Cn2cnc3c(cnn3-c3cncc(-c4ccc(F)cc4)c3)c2=O)CC1. The Kier molecular flexibility index (Phi) is 6.00. The van der Waals surface area contributed by atoms with Gasteiger partial charge in [0.2, 0.25) is 0 Å². The average Bonchev–Trinajstić information content (AvgIpc) is 3.31. The molecule has 186 valence electrons. The Morgan fingerprint density at radius 1 is 1.11 bits per heavy atom. The molecule has 0 saturated carbocycles. The van der Waals surface area contributed by atoms with Crippen LogP contribution in [0.25, 0.3) is 27.8 Å². The maximum Gasteiger partial charge on any atom is 0.319 e. The lowest BCUT2D eigenvalue weighted by Crippen LogP contribution is -2.51. The van der Waals surface area contributed by atoms with E-state index < -0.39 is 5.60 Å². The van der Waals surface area contributed by atoms with Crippen LogP contribution in [0.15, 0.2) is 60.0 Å². The lowest BCUT2D eigenvalue weighted by Gasteiger charge is -2.39. The van der Waals surface area contributed by atoms with Gasteiger partial charge in [0.05, 0.1) is 30.2 Å². The standard InChI is InChI=1S/C25H26FN7O3/c1-30(2)24(35)31-9-7-25(36,8-10-31)15-32-16-28-22-21(23(32)34)14-29-33(22)20-11-18(12-27-13-20)17-3-5-19(26)6-4-17/h3-6,11-14,16,36H,7-10,15H2,1-2H3. The average molecular weight is 492 g/mol. The Morgan fingerprint density at radius 2 is 1.83 bits per heavy atom. The summed E-state index contributed by atoms with van der Waals surface area (Å²) >= 11 is 0. The molecule has 0 radical (unpaired) electrons. The van der Waals surface area contributed by atoms with Crippen LogP contribution in [0.1, 0.15) is 12.8 Å². The van der Waals surface area contributed by atoms with E-state index >= 15 is 0 Å². The predicted octanol–water partition coefficient (Wildman–Crippen LogP) is 2.29. The number of carbonyl (C=O) groups excluding carboxylic acids is 1. The van der Waals surface area contributed by atoms with E-state index in [2.05, 4.69) is 15.1 Å². The molecule has 0 bridgehead atoms. The lowest BCUT2D eigenvalue weighted by atomic mass is 9.91. The fraction of sp³-hybridized carbons (Fsp3) is 0.320. The van der Waals surface area contributed by atoms with Crippen molar-refractivity contribution in [2.75, 3.05) is 27.2 Å². The smallest absolute Gasteiger partial charge is 0.319 e. The number of hydrogen-bond acceptors (Lipinski definition) is 6. The summed E-state index contributed by atoms with van der Waals surface area (Å²) in [6, 6.07) is 7.84. The normalized spacial score (nSPS) is 15.3. The number of fused-ring (bicyclic) bond motifs is 1. The molecular formula is C25H26FN7O3. The highest BCUT2D eigenvalue weighted by molar-refractivity contribution is 5.76. The van der Waals surface area contributed by atoms with Gasteiger partial charge < -0.3 is 14.9 Å². The molecular weight excluding hydrogens is 465 g/mol. The Balaban J connectivity index is 1.39. The van der Waals surface area contributed by atoms with E-state index in [1.165, 1.54) is 38.8 Å². The molecule has 10 nitrogen and oxygen atoms in total. The first-order valence-electron chi connectivity index (χ1n) is 11.6. The summed E-state index contributed by atoms with van der Waals surface area (Å²) in [4.78, 5) is 37.3. The third kappa shape index (κ3) is 4.44. The predicted molar refractivity (Wildman–Crippen MR) is 131 cm³/mol. The molecule has 1 fully saturated rings. The summed E-state index contributed by atoms with van der Waals surface area (Å²) in [7, 11) is 3.39. The Hall–Kier alpha value is -4.12. The van der Waals surface area contributed by atoms with Gasteiger partial charge in [0.1, 0.15) is 17.5 Å². The fourth-order valence-corrected chi connectivity index (χ4v) is 4.47. The van der Waals surface area contributed by atoms with Crippen molar-refractivity contribution in [3.05, 3.63) is 71.4 Å². The molecule has 4 aromatic rings. The van der Waals surface area contributed by atoms with Crippen molar-refractivity contribution in [1.29, 1.82) is 0 Å². The fourth-order valence-electron chi connectivity index (χ4n) is 4.47. The number of urea groups is 1. The number of piperidine rings is 1. The van der Waals surface area contributed by atoms with Gasteiger partial charge in [0.25, 0.3) is 5.56 Å². The second-order valence-corrected chi connectivity index (χ2v) is 9.30. The van der Waals surface area contributed by atoms with Gasteiger partial charge >= 0.3 is 6.03 Å². The van der Waals surface area contributed by atoms with Crippen LogP contribution < -0.4 is 5.56 Å². The van der Waals surface area contributed by atoms with Gasteiger partial charge in [-0.2, -0.15) is 5.10 Å². The van der Waals surface area contributed by atoms with Gasteiger partial charge in [-0.25, -0.2) is 18.9 Å². The van der Waals surface area contributed by atoms with E-state index in [1.54, 1.807) is 43.5 Å². The minimum absolute atomic E-state index is 0.0750. The Morgan fingerprint density at radius 3 is 2.53 bits per heavy atom. The minimum atomic E-state index is -1.12. The van der Waals surface area contributed by atoms with Crippen LogP contribution in [0.2, 0.25) is 0 Å². The number of halogens is 1. The summed E-state index contributed by atoms with van der Waals surface area (Å²) in [5.74, 6) is -0.321. The molecule has 0 aliphatic carbocycles. The highest BCUT2D eigenvalue weighted by atomic mass is 19.1. The number of likely N-dealkylation sites (tertiary alicyclic amines) is 1. The van der Waals surface area contributed by atoms with E-state index in [9.17, 15) is 19.1 Å². The van der Waals surface area contributed by atoms with Crippen molar-refractivity contribution < 1.29 is 14.3 Å². The molecule has 1 N–H and O–H groups in total. The van der Waals surface area contributed by atoms with Gasteiger partial charge in [-0.1, -0.05) is 12.1 Å². The van der Waals surface area contributed by atoms with E-state index in [4.69, 9.17) is 0 Å². The molecule has 1 aromatic carbocycles. The number of nitrogens with zero attached hydrogens (tertiary/aromatic N) is 7. The molecule has 11 heteroatoms. The monoisotopic (exact) mass is 491 g/mol. The molecule has 2 amide bonds. The highest BCUT2D eigenvalue weighted by Gasteiger charge is 2.35. The van der Waals surface area contributed by atoms with E-state index in [1.807, 2.05) is 6.07 Å². The Labute approximate surface area is 206 Å².